The Balaban J connectivity index is 1.74. The Bertz CT molecular complexity index is 602. The fraction of sp³-hybridized carbons (Fsp3) is 0.0833. The number of hydrazine groups is 3. The van der Waals surface area contributed by atoms with Gasteiger partial charge in [0.2, 0.25) is 5.96 Å². The van der Waals surface area contributed by atoms with Gasteiger partial charge in [-0.15, -0.1) is 0 Å². The van der Waals surface area contributed by atoms with Crippen LogP contribution >= 0.6 is 11.6 Å². The van der Waals surface area contributed by atoms with E-state index in [9.17, 15) is 0 Å². The second-order valence-corrected chi connectivity index (χ2v) is 4.38. The van der Waals surface area contributed by atoms with Crippen LogP contribution in [0.4, 0.5) is 0 Å². The van der Waals surface area contributed by atoms with Crippen LogP contribution in [0.5, 0.6) is 0 Å². The molecule has 19 heavy (non-hydrogen) atoms. The van der Waals surface area contributed by atoms with Crippen molar-refractivity contribution in [1.82, 2.24) is 21.9 Å². The van der Waals surface area contributed by atoms with Gasteiger partial charge in [-0.2, -0.15) is 11.1 Å². The van der Waals surface area contributed by atoms with Crippen LogP contribution in [0.2, 0.25) is 5.02 Å². The fourth-order valence-electron chi connectivity index (χ4n) is 1.71. The lowest BCUT2D eigenvalue weighted by Crippen LogP contribution is -2.33. The third-order valence-electron chi connectivity index (χ3n) is 2.59. The molecular weight excluding hydrogens is 266 g/mol. The third-order valence-corrected chi connectivity index (χ3v) is 2.82. The molecule has 0 radical (unpaired) electrons. The van der Waals surface area contributed by atoms with Crippen LogP contribution < -0.4 is 21.9 Å². The molecule has 0 amide bonds. The monoisotopic (exact) mass is 277 g/mol. The number of guanidine groups is 1. The second-order valence-electron chi connectivity index (χ2n) is 3.94. The Kier molecular flexibility index (Phi) is 3.37. The molecular formula is C12H12ClN5O. The van der Waals surface area contributed by atoms with Gasteiger partial charge < -0.3 is 4.42 Å². The SMILES string of the molecule is Clc1cccc(-c2ccc(CN=C3NNNN3)o2)c1. The van der Waals surface area contributed by atoms with Gasteiger partial charge in [-0.05, 0) is 24.3 Å². The maximum Gasteiger partial charge on any atom is 0.223 e. The van der Waals surface area contributed by atoms with Crippen molar-refractivity contribution in [3.05, 3.63) is 47.2 Å². The Labute approximate surface area is 114 Å². The molecule has 1 aromatic carbocycles. The minimum absolute atomic E-state index is 0.444. The fourth-order valence-corrected chi connectivity index (χ4v) is 1.90. The van der Waals surface area contributed by atoms with Crippen LogP contribution in [0.15, 0.2) is 45.8 Å². The molecule has 7 heteroatoms. The summed E-state index contributed by atoms with van der Waals surface area (Å²) in [6, 6.07) is 11.4. The number of rotatable bonds is 3. The van der Waals surface area contributed by atoms with Crippen LogP contribution in [0.3, 0.4) is 0 Å². The topological polar surface area (TPSA) is 73.6 Å². The molecule has 0 spiro atoms. The minimum atomic E-state index is 0.444. The summed E-state index contributed by atoms with van der Waals surface area (Å²) in [5, 5.41) is 0.687. The second kappa shape index (κ2) is 5.31. The van der Waals surface area contributed by atoms with Gasteiger partial charge in [-0.3, -0.25) is 10.9 Å². The van der Waals surface area contributed by atoms with Gasteiger partial charge in [0.1, 0.15) is 18.1 Å². The van der Waals surface area contributed by atoms with E-state index in [4.69, 9.17) is 16.0 Å². The van der Waals surface area contributed by atoms with Crippen molar-refractivity contribution in [2.24, 2.45) is 4.99 Å². The van der Waals surface area contributed by atoms with E-state index in [2.05, 4.69) is 26.9 Å². The maximum absolute atomic E-state index is 5.95. The predicted octanol–water partition coefficient (Wildman–Crippen LogP) is 1.57. The number of halogens is 1. The number of furan rings is 1. The lowest BCUT2D eigenvalue weighted by Gasteiger charge is -1.98. The molecule has 2 aromatic rings. The average molecular weight is 278 g/mol. The Morgan fingerprint density at radius 2 is 1.95 bits per heavy atom. The summed E-state index contributed by atoms with van der Waals surface area (Å²) in [4.78, 5) is 4.27. The van der Waals surface area contributed by atoms with Crippen molar-refractivity contribution in [2.45, 2.75) is 6.54 Å². The van der Waals surface area contributed by atoms with Crippen LogP contribution in [0.25, 0.3) is 11.3 Å². The molecule has 0 aliphatic carbocycles. The molecule has 1 aliphatic heterocycles. The lowest BCUT2D eigenvalue weighted by atomic mass is 10.2. The summed E-state index contributed by atoms with van der Waals surface area (Å²) in [7, 11) is 0. The number of nitrogens with one attached hydrogen (secondary N) is 4. The molecule has 0 bridgehead atoms. The van der Waals surface area contributed by atoms with Crippen LogP contribution in [0, 0.1) is 0 Å². The number of hydrogen-bond acceptors (Lipinski definition) is 4. The van der Waals surface area contributed by atoms with Gasteiger partial charge >= 0.3 is 0 Å². The van der Waals surface area contributed by atoms with E-state index in [1.807, 2.05) is 36.4 Å². The summed E-state index contributed by atoms with van der Waals surface area (Å²) in [5.74, 6) is 2.17. The average Bonchev–Trinajstić information content (AvgIpc) is 3.08. The first-order valence-corrected chi connectivity index (χ1v) is 6.10. The van der Waals surface area contributed by atoms with Gasteiger partial charge in [-0.25, -0.2) is 4.99 Å². The van der Waals surface area contributed by atoms with Crippen molar-refractivity contribution in [3.63, 3.8) is 0 Å². The van der Waals surface area contributed by atoms with Crippen LogP contribution in [-0.4, -0.2) is 5.96 Å². The van der Waals surface area contributed by atoms with Crippen molar-refractivity contribution < 1.29 is 4.42 Å². The standard InChI is InChI=1S/C12H12ClN5O/c13-9-3-1-2-8(6-9)11-5-4-10(19-11)7-14-12-15-17-18-16-12/h1-6,17-18H,7H2,(H2,14,15,16). The first kappa shape index (κ1) is 12.0. The normalized spacial score (nSPS) is 14.1. The molecule has 1 fully saturated rings. The highest BCUT2D eigenvalue weighted by Crippen LogP contribution is 2.24. The Hall–Kier alpha value is -2.02. The van der Waals surface area contributed by atoms with E-state index in [1.54, 1.807) is 0 Å². The lowest BCUT2D eigenvalue weighted by molar-refractivity contribution is 0.525. The summed E-state index contributed by atoms with van der Waals surface area (Å²) in [6.07, 6.45) is 0. The van der Waals surface area contributed by atoms with Crippen molar-refractivity contribution in [3.8, 4) is 11.3 Å². The molecule has 3 rings (SSSR count). The first-order valence-electron chi connectivity index (χ1n) is 5.72. The number of aliphatic imine (C=N–C) groups is 1. The molecule has 2 heterocycles. The highest BCUT2D eigenvalue weighted by Gasteiger charge is 2.07. The van der Waals surface area contributed by atoms with E-state index >= 15 is 0 Å². The minimum Gasteiger partial charge on any atom is -0.459 e. The number of hydrogen-bond donors (Lipinski definition) is 4. The van der Waals surface area contributed by atoms with Gasteiger partial charge in [0.15, 0.2) is 0 Å². The Morgan fingerprint density at radius 1 is 1.11 bits per heavy atom. The first-order chi connectivity index (χ1) is 9.31. The highest BCUT2D eigenvalue weighted by molar-refractivity contribution is 6.30. The molecule has 1 saturated heterocycles. The summed E-state index contributed by atoms with van der Waals surface area (Å²) >= 11 is 5.95. The van der Waals surface area contributed by atoms with Gasteiger partial charge in [0.25, 0.3) is 0 Å². The molecule has 1 aromatic heterocycles. The quantitative estimate of drug-likeness (QED) is 0.685. The van der Waals surface area contributed by atoms with E-state index in [-0.39, 0.29) is 0 Å². The van der Waals surface area contributed by atoms with Crippen LogP contribution in [0.1, 0.15) is 5.76 Å². The van der Waals surface area contributed by atoms with Crippen molar-refractivity contribution in [1.29, 1.82) is 0 Å². The summed E-state index contributed by atoms with van der Waals surface area (Å²) in [5.41, 5.74) is 11.9. The largest absolute Gasteiger partial charge is 0.459 e. The maximum atomic E-state index is 5.95. The molecule has 6 nitrogen and oxygen atoms in total. The van der Waals surface area contributed by atoms with E-state index in [0.717, 1.165) is 17.1 Å². The molecule has 0 atom stereocenters. The molecule has 0 saturated carbocycles. The number of nitrogens with zero attached hydrogens (tertiary/aromatic N) is 1. The van der Waals surface area contributed by atoms with E-state index in [1.165, 1.54) is 0 Å². The van der Waals surface area contributed by atoms with Crippen LogP contribution in [-0.2, 0) is 6.54 Å². The molecule has 4 N–H and O–H groups in total. The zero-order valence-corrected chi connectivity index (χ0v) is 10.7. The number of benzene rings is 1. The van der Waals surface area contributed by atoms with E-state index < -0.39 is 0 Å². The third kappa shape index (κ3) is 2.87. The van der Waals surface area contributed by atoms with Crippen molar-refractivity contribution >= 4 is 17.6 Å². The zero-order chi connectivity index (χ0) is 13.1. The van der Waals surface area contributed by atoms with Gasteiger partial charge in [-0.1, -0.05) is 23.7 Å². The Morgan fingerprint density at radius 3 is 2.74 bits per heavy atom. The molecule has 98 valence electrons. The molecule has 1 aliphatic rings. The highest BCUT2D eigenvalue weighted by atomic mass is 35.5. The predicted molar refractivity (Wildman–Crippen MR) is 72.8 cm³/mol. The van der Waals surface area contributed by atoms with Crippen molar-refractivity contribution in [2.75, 3.05) is 0 Å². The van der Waals surface area contributed by atoms with E-state index in [0.29, 0.717) is 17.5 Å². The smallest absolute Gasteiger partial charge is 0.223 e. The molecule has 0 unspecified atom stereocenters. The summed E-state index contributed by atoms with van der Waals surface area (Å²) in [6.45, 7) is 0.444. The van der Waals surface area contributed by atoms with Gasteiger partial charge in [0.05, 0.1) is 0 Å². The summed E-state index contributed by atoms with van der Waals surface area (Å²) < 4.78 is 5.72. The van der Waals surface area contributed by atoms with Gasteiger partial charge in [0, 0.05) is 10.6 Å². The zero-order valence-electron chi connectivity index (χ0n) is 9.90.